The van der Waals surface area contributed by atoms with Crippen LogP contribution in [0.5, 0.6) is 0 Å². The van der Waals surface area contributed by atoms with Crippen LogP contribution in [0.3, 0.4) is 0 Å². The Kier molecular flexibility index (Phi) is 26.3. The maximum Gasteiger partial charge on any atom is 0.305 e. The summed E-state index contributed by atoms with van der Waals surface area (Å²) in [7, 11) is 0. The lowest BCUT2D eigenvalue weighted by Crippen LogP contribution is -2.09. The maximum absolute atomic E-state index is 11.5. The molecule has 192 valence electrons. The third kappa shape index (κ3) is 27.5. The van der Waals surface area contributed by atoms with Crippen LogP contribution in [-0.4, -0.2) is 12.6 Å². The average Bonchev–Trinajstić information content (AvgIpc) is 2.78. The molecule has 2 heteroatoms. The number of carbonyl (C=O) groups excluding carboxylic acids is 1. The van der Waals surface area contributed by atoms with E-state index < -0.39 is 0 Å². The Morgan fingerprint density at radius 3 is 1.06 bits per heavy atom. The highest BCUT2D eigenvalue weighted by Gasteiger charge is 2.03. The molecule has 0 heterocycles. The summed E-state index contributed by atoms with van der Waals surface area (Å²) >= 11 is 0. The summed E-state index contributed by atoms with van der Waals surface area (Å²) in [5.74, 6) is 0.426. The molecule has 0 aromatic carbocycles. The van der Waals surface area contributed by atoms with E-state index in [9.17, 15) is 4.79 Å². The quantitative estimate of drug-likeness (QED) is 0.0963. The Hall–Kier alpha value is -0.530. The molecule has 0 aliphatic carbocycles. The van der Waals surface area contributed by atoms with Crippen molar-refractivity contribution in [1.82, 2.24) is 0 Å². The van der Waals surface area contributed by atoms with Gasteiger partial charge in [-0.3, -0.25) is 4.79 Å². The Bertz CT molecular complexity index is 364. The predicted octanol–water partition coefficient (Wildman–Crippen LogP) is 10.6. The Balaban J connectivity index is 3.07. The van der Waals surface area contributed by atoms with Gasteiger partial charge in [0, 0.05) is 6.42 Å². The molecule has 0 amide bonds. The molecule has 0 unspecified atom stereocenters. The van der Waals surface area contributed by atoms with Crippen LogP contribution >= 0.6 is 0 Å². The lowest BCUT2D eigenvalue weighted by atomic mass is 10.0. The van der Waals surface area contributed by atoms with Gasteiger partial charge in [-0.2, -0.15) is 0 Å². The molecule has 0 aromatic rings. The van der Waals surface area contributed by atoms with Gasteiger partial charge in [0.2, 0.25) is 0 Å². The van der Waals surface area contributed by atoms with E-state index in [0.29, 0.717) is 18.9 Å². The second-order valence-corrected chi connectivity index (χ2v) is 10.6. The van der Waals surface area contributed by atoms with Gasteiger partial charge in [-0.1, -0.05) is 162 Å². The number of unbranched alkanes of at least 4 members (excludes halogenated alkanes) is 22. The fraction of sp³-hybridized carbons (Fsp3) is 0.967. The van der Waals surface area contributed by atoms with Crippen molar-refractivity contribution in [2.75, 3.05) is 6.61 Å². The standard InChI is InChI=1S/C30H60O2/c1-4-5-6-7-8-9-10-11-12-13-14-15-16-17-18-19-20-21-22-23-24-25-26-27-30(31)32-28-29(2)3/h29H,4-28H2,1-3H3. The van der Waals surface area contributed by atoms with Gasteiger partial charge in [0.15, 0.2) is 0 Å². The fourth-order valence-corrected chi connectivity index (χ4v) is 4.39. The summed E-state index contributed by atoms with van der Waals surface area (Å²) in [6.45, 7) is 7.02. The van der Waals surface area contributed by atoms with Crippen molar-refractivity contribution < 1.29 is 9.53 Å². The van der Waals surface area contributed by atoms with Crippen LogP contribution in [0, 0.1) is 5.92 Å². The first-order valence-corrected chi connectivity index (χ1v) is 14.8. The molecule has 0 aromatic heterocycles. The van der Waals surface area contributed by atoms with Crippen LogP contribution in [0.1, 0.15) is 175 Å². The SMILES string of the molecule is CCCCCCCCCCCCCCCCCCCCCCCCCC(=O)OCC(C)C. The number of hydrogen-bond acceptors (Lipinski definition) is 2. The van der Waals surface area contributed by atoms with Gasteiger partial charge in [0.05, 0.1) is 6.61 Å². The van der Waals surface area contributed by atoms with E-state index in [-0.39, 0.29) is 5.97 Å². The monoisotopic (exact) mass is 452 g/mol. The minimum Gasteiger partial charge on any atom is -0.465 e. The first-order chi connectivity index (χ1) is 15.7. The second-order valence-electron chi connectivity index (χ2n) is 10.6. The third-order valence-corrected chi connectivity index (χ3v) is 6.56. The molecule has 0 saturated carbocycles. The summed E-state index contributed by atoms with van der Waals surface area (Å²) in [5.41, 5.74) is 0. The molecule has 0 fully saturated rings. The number of ether oxygens (including phenoxy) is 1. The summed E-state index contributed by atoms with van der Waals surface area (Å²) in [5, 5.41) is 0. The van der Waals surface area contributed by atoms with Crippen molar-refractivity contribution in [3.63, 3.8) is 0 Å². The molecular weight excluding hydrogens is 392 g/mol. The van der Waals surface area contributed by atoms with Gasteiger partial charge in [0.25, 0.3) is 0 Å². The summed E-state index contributed by atoms with van der Waals surface area (Å²) < 4.78 is 5.21. The van der Waals surface area contributed by atoms with Crippen molar-refractivity contribution >= 4 is 5.97 Å². The van der Waals surface area contributed by atoms with Crippen molar-refractivity contribution in [3.8, 4) is 0 Å². The predicted molar refractivity (Wildman–Crippen MR) is 142 cm³/mol. The minimum absolute atomic E-state index is 0.0119. The van der Waals surface area contributed by atoms with Crippen molar-refractivity contribution in [2.24, 2.45) is 5.92 Å². The van der Waals surface area contributed by atoms with Crippen molar-refractivity contribution in [3.05, 3.63) is 0 Å². The molecule has 0 aliphatic rings. The Morgan fingerprint density at radius 2 is 0.781 bits per heavy atom. The Morgan fingerprint density at radius 1 is 0.500 bits per heavy atom. The van der Waals surface area contributed by atoms with E-state index in [4.69, 9.17) is 4.74 Å². The molecule has 0 N–H and O–H groups in total. The van der Waals surface area contributed by atoms with E-state index in [0.717, 1.165) is 6.42 Å². The lowest BCUT2D eigenvalue weighted by molar-refractivity contribution is -0.144. The van der Waals surface area contributed by atoms with Crippen LogP contribution < -0.4 is 0 Å². The van der Waals surface area contributed by atoms with Gasteiger partial charge >= 0.3 is 5.97 Å². The molecule has 0 aliphatic heterocycles. The molecule has 32 heavy (non-hydrogen) atoms. The third-order valence-electron chi connectivity index (χ3n) is 6.56. The molecule has 0 saturated heterocycles. The van der Waals surface area contributed by atoms with Gasteiger partial charge in [-0.15, -0.1) is 0 Å². The zero-order valence-electron chi connectivity index (χ0n) is 22.6. The largest absolute Gasteiger partial charge is 0.465 e. The van der Waals surface area contributed by atoms with Gasteiger partial charge < -0.3 is 4.74 Å². The molecule has 0 radical (unpaired) electrons. The lowest BCUT2D eigenvalue weighted by Gasteiger charge is -2.07. The Labute approximate surface area is 203 Å². The van der Waals surface area contributed by atoms with Crippen LogP contribution in [0.25, 0.3) is 0 Å². The number of carbonyl (C=O) groups is 1. The first kappa shape index (κ1) is 31.5. The fourth-order valence-electron chi connectivity index (χ4n) is 4.39. The second kappa shape index (κ2) is 26.7. The van der Waals surface area contributed by atoms with Gasteiger partial charge in [-0.25, -0.2) is 0 Å². The maximum atomic E-state index is 11.5. The van der Waals surface area contributed by atoms with Crippen LogP contribution in [0.2, 0.25) is 0 Å². The molecule has 0 rings (SSSR count). The van der Waals surface area contributed by atoms with E-state index >= 15 is 0 Å². The van der Waals surface area contributed by atoms with Gasteiger partial charge in [-0.05, 0) is 12.3 Å². The molecule has 2 nitrogen and oxygen atoms in total. The van der Waals surface area contributed by atoms with Crippen LogP contribution in [0.15, 0.2) is 0 Å². The first-order valence-electron chi connectivity index (χ1n) is 14.8. The van der Waals surface area contributed by atoms with E-state index in [1.165, 1.54) is 141 Å². The van der Waals surface area contributed by atoms with E-state index in [1.54, 1.807) is 0 Å². The summed E-state index contributed by atoms with van der Waals surface area (Å²) in [4.78, 5) is 11.5. The zero-order chi connectivity index (χ0) is 23.5. The van der Waals surface area contributed by atoms with Crippen molar-refractivity contribution in [2.45, 2.75) is 175 Å². The van der Waals surface area contributed by atoms with Crippen molar-refractivity contribution in [1.29, 1.82) is 0 Å². The summed E-state index contributed by atoms with van der Waals surface area (Å²) in [6.07, 6.45) is 32.8. The summed E-state index contributed by atoms with van der Waals surface area (Å²) in [6, 6.07) is 0. The van der Waals surface area contributed by atoms with E-state index in [1.807, 2.05) is 0 Å². The smallest absolute Gasteiger partial charge is 0.305 e. The van der Waals surface area contributed by atoms with Crippen LogP contribution in [0.4, 0.5) is 0 Å². The zero-order valence-corrected chi connectivity index (χ0v) is 22.6. The molecule has 0 bridgehead atoms. The van der Waals surface area contributed by atoms with E-state index in [2.05, 4.69) is 20.8 Å². The number of esters is 1. The number of hydrogen-bond donors (Lipinski definition) is 0. The minimum atomic E-state index is -0.0119. The van der Waals surface area contributed by atoms with Gasteiger partial charge in [0.1, 0.15) is 0 Å². The highest BCUT2D eigenvalue weighted by molar-refractivity contribution is 5.69. The average molecular weight is 453 g/mol. The normalized spacial score (nSPS) is 11.4. The molecular formula is C30H60O2. The topological polar surface area (TPSA) is 26.3 Å². The number of rotatable bonds is 26. The molecule has 0 spiro atoms. The highest BCUT2D eigenvalue weighted by Crippen LogP contribution is 2.15. The highest BCUT2D eigenvalue weighted by atomic mass is 16.5. The molecule has 0 atom stereocenters. The van der Waals surface area contributed by atoms with Crippen LogP contribution in [-0.2, 0) is 9.53 Å².